The standard InChI is InChI=1S/C13H22N6O2S/c1-13(2,3)18-10(20)6-19(4)11(21)7-22-12-16-8(14)5-9(15)17-12/h5H,6-7H2,1-4H3,(H,18,20)(H4,14,15,16,17). The third-order valence-electron chi connectivity index (χ3n) is 2.39. The van der Waals surface area contributed by atoms with E-state index in [0.717, 1.165) is 11.8 Å². The summed E-state index contributed by atoms with van der Waals surface area (Å²) < 4.78 is 0. The molecule has 0 unspecified atom stereocenters. The second-order valence-electron chi connectivity index (χ2n) is 5.84. The predicted molar refractivity (Wildman–Crippen MR) is 87.1 cm³/mol. The Morgan fingerprint density at radius 3 is 2.32 bits per heavy atom. The molecular formula is C13H22N6O2S. The highest BCUT2D eigenvalue weighted by Gasteiger charge is 2.18. The Bertz CT molecular complexity index is 538. The predicted octanol–water partition coefficient (Wildman–Crippen LogP) is 0.106. The molecule has 0 aliphatic carbocycles. The quantitative estimate of drug-likeness (QED) is 0.517. The van der Waals surface area contributed by atoms with Crippen molar-refractivity contribution < 1.29 is 9.59 Å². The van der Waals surface area contributed by atoms with Crippen molar-refractivity contribution in [3.8, 4) is 0 Å². The maximum absolute atomic E-state index is 12.0. The number of anilines is 2. The van der Waals surface area contributed by atoms with Crippen molar-refractivity contribution in [2.45, 2.75) is 31.5 Å². The van der Waals surface area contributed by atoms with Gasteiger partial charge < -0.3 is 21.7 Å². The number of hydrogen-bond donors (Lipinski definition) is 3. The van der Waals surface area contributed by atoms with Crippen LogP contribution in [0.4, 0.5) is 11.6 Å². The lowest BCUT2D eigenvalue weighted by molar-refractivity contribution is -0.133. The fourth-order valence-corrected chi connectivity index (χ4v) is 2.34. The lowest BCUT2D eigenvalue weighted by atomic mass is 10.1. The van der Waals surface area contributed by atoms with Crippen LogP contribution in [0.25, 0.3) is 0 Å². The van der Waals surface area contributed by atoms with Crippen LogP contribution in [-0.4, -0.2) is 51.6 Å². The Morgan fingerprint density at radius 1 is 1.27 bits per heavy atom. The van der Waals surface area contributed by atoms with Gasteiger partial charge in [0, 0.05) is 18.7 Å². The average molecular weight is 326 g/mol. The highest BCUT2D eigenvalue weighted by molar-refractivity contribution is 7.99. The van der Waals surface area contributed by atoms with Crippen LogP contribution in [0, 0.1) is 0 Å². The van der Waals surface area contributed by atoms with Crippen LogP contribution < -0.4 is 16.8 Å². The van der Waals surface area contributed by atoms with Crippen molar-refractivity contribution in [3.63, 3.8) is 0 Å². The molecule has 0 saturated heterocycles. The number of rotatable bonds is 5. The number of carbonyl (C=O) groups is 2. The molecule has 0 spiro atoms. The van der Waals surface area contributed by atoms with Crippen molar-refractivity contribution in [1.82, 2.24) is 20.2 Å². The summed E-state index contributed by atoms with van der Waals surface area (Å²) >= 11 is 1.12. The first-order valence-corrected chi connectivity index (χ1v) is 7.63. The molecule has 1 aromatic rings. The minimum atomic E-state index is -0.331. The van der Waals surface area contributed by atoms with E-state index in [1.54, 1.807) is 7.05 Å². The first kappa shape index (κ1) is 18.0. The first-order chi connectivity index (χ1) is 10.1. The molecule has 0 atom stereocenters. The summed E-state index contributed by atoms with van der Waals surface area (Å²) in [6, 6.07) is 1.44. The molecule has 0 aromatic carbocycles. The minimum absolute atomic E-state index is 0.00338. The molecule has 0 aliphatic heterocycles. The van der Waals surface area contributed by atoms with E-state index in [9.17, 15) is 9.59 Å². The average Bonchev–Trinajstić information content (AvgIpc) is 2.32. The van der Waals surface area contributed by atoms with E-state index in [4.69, 9.17) is 11.5 Å². The van der Waals surface area contributed by atoms with Gasteiger partial charge >= 0.3 is 0 Å². The number of likely N-dealkylation sites (N-methyl/N-ethyl adjacent to an activating group) is 1. The number of amides is 2. The number of thioether (sulfide) groups is 1. The van der Waals surface area contributed by atoms with Crippen molar-refractivity contribution >= 4 is 35.2 Å². The monoisotopic (exact) mass is 326 g/mol. The molecule has 0 saturated carbocycles. The molecule has 0 radical (unpaired) electrons. The summed E-state index contributed by atoms with van der Waals surface area (Å²) in [6.45, 7) is 5.63. The Kier molecular flexibility index (Phi) is 5.98. The number of nitrogens with one attached hydrogen (secondary N) is 1. The van der Waals surface area contributed by atoms with E-state index in [1.165, 1.54) is 11.0 Å². The van der Waals surface area contributed by atoms with Gasteiger partial charge in [-0.05, 0) is 20.8 Å². The highest BCUT2D eigenvalue weighted by atomic mass is 32.2. The smallest absolute Gasteiger partial charge is 0.240 e. The maximum atomic E-state index is 12.0. The molecule has 1 heterocycles. The van der Waals surface area contributed by atoms with Gasteiger partial charge in [0.2, 0.25) is 11.8 Å². The van der Waals surface area contributed by atoms with E-state index in [1.807, 2.05) is 20.8 Å². The van der Waals surface area contributed by atoms with Crippen LogP contribution in [-0.2, 0) is 9.59 Å². The SMILES string of the molecule is CN(CC(=O)NC(C)(C)C)C(=O)CSc1nc(N)cc(N)n1. The van der Waals surface area contributed by atoms with Gasteiger partial charge in [-0.15, -0.1) is 0 Å². The van der Waals surface area contributed by atoms with Crippen LogP contribution >= 0.6 is 11.8 Å². The maximum Gasteiger partial charge on any atom is 0.240 e. The summed E-state index contributed by atoms with van der Waals surface area (Å²) in [6.07, 6.45) is 0. The molecule has 0 fully saturated rings. The summed E-state index contributed by atoms with van der Waals surface area (Å²) in [5.74, 6) is 0.180. The lowest BCUT2D eigenvalue weighted by Crippen LogP contribution is -2.46. The van der Waals surface area contributed by atoms with Crippen molar-refractivity contribution in [2.75, 3.05) is 30.8 Å². The number of carbonyl (C=O) groups excluding carboxylic acids is 2. The Morgan fingerprint density at radius 2 is 1.82 bits per heavy atom. The number of aromatic nitrogens is 2. The Labute approximate surface area is 134 Å². The van der Waals surface area contributed by atoms with Gasteiger partial charge in [0.25, 0.3) is 0 Å². The third-order valence-corrected chi connectivity index (χ3v) is 3.22. The molecule has 0 aliphatic rings. The van der Waals surface area contributed by atoms with Crippen molar-refractivity contribution in [2.24, 2.45) is 0 Å². The largest absolute Gasteiger partial charge is 0.383 e. The zero-order chi connectivity index (χ0) is 16.9. The van der Waals surface area contributed by atoms with Gasteiger partial charge in [-0.25, -0.2) is 9.97 Å². The van der Waals surface area contributed by atoms with Crippen LogP contribution in [0.3, 0.4) is 0 Å². The van der Waals surface area contributed by atoms with E-state index < -0.39 is 0 Å². The number of nitrogens with zero attached hydrogens (tertiary/aromatic N) is 3. The molecule has 0 bridgehead atoms. The second-order valence-corrected chi connectivity index (χ2v) is 6.78. The topological polar surface area (TPSA) is 127 Å². The summed E-state index contributed by atoms with van der Waals surface area (Å²) in [4.78, 5) is 33.1. The van der Waals surface area contributed by atoms with E-state index in [0.29, 0.717) is 5.16 Å². The van der Waals surface area contributed by atoms with Crippen LogP contribution in [0.5, 0.6) is 0 Å². The zero-order valence-electron chi connectivity index (χ0n) is 13.2. The van der Waals surface area contributed by atoms with Crippen molar-refractivity contribution in [1.29, 1.82) is 0 Å². The molecule has 1 rings (SSSR count). The first-order valence-electron chi connectivity index (χ1n) is 6.64. The molecular weight excluding hydrogens is 304 g/mol. The molecule has 8 nitrogen and oxygen atoms in total. The molecule has 2 amide bonds. The molecule has 122 valence electrons. The minimum Gasteiger partial charge on any atom is -0.383 e. The normalized spacial score (nSPS) is 11.1. The van der Waals surface area contributed by atoms with Crippen LogP contribution in [0.15, 0.2) is 11.2 Å². The molecule has 22 heavy (non-hydrogen) atoms. The summed E-state index contributed by atoms with van der Waals surface area (Å²) in [7, 11) is 1.57. The highest BCUT2D eigenvalue weighted by Crippen LogP contribution is 2.16. The van der Waals surface area contributed by atoms with Gasteiger partial charge in [-0.2, -0.15) is 0 Å². The van der Waals surface area contributed by atoms with E-state index in [-0.39, 0.29) is 41.3 Å². The summed E-state index contributed by atoms with van der Waals surface area (Å²) in [5, 5.41) is 3.13. The van der Waals surface area contributed by atoms with Gasteiger partial charge in [0.15, 0.2) is 5.16 Å². The van der Waals surface area contributed by atoms with Gasteiger partial charge in [0.05, 0.1) is 12.3 Å². The second kappa shape index (κ2) is 7.30. The molecule has 9 heteroatoms. The lowest BCUT2D eigenvalue weighted by Gasteiger charge is -2.23. The third kappa shape index (κ3) is 6.61. The Balaban J connectivity index is 2.49. The molecule has 5 N–H and O–H groups in total. The van der Waals surface area contributed by atoms with Crippen molar-refractivity contribution in [3.05, 3.63) is 6.07 Å². The zero-order valence-corrected chi connectivity index (χ0v) is 14.0. The summed E-state index contributed by atoms with van der Waals surface area (Å²) in [5.41, 5.74) is 10.8. The fraction of sp³-hybridized carbons (Fsp3) is 0.538. The van der Waals surface area contributed by atoms with Gasteiger partial charge in [-0.3, -0.25) is 9.59 Å². The fourth-order valence-electron chi connectivity index (χ4n) is 1.52. The van der Waals surface area contributed by atoms with E-state index >= 15 is 0 Å². The number of hydrogen-bond acceptors (Lipinski definition) is 7. The number of nitrogen functional groups attached to an aromatic ring is 2. The number of nitrogens with two attached hydrogens (primary N) is 2. The van der Waals surface area contributed by atoms with Gasteiger partial charge in [-0.1, -0.05) is 11.8 Å². The van der Waals surface area contributed by atoms with Crippen LogP contribution in [0.2, 0.25) is 0 Å². The Hall–Kier alpha value is -2.03. The van der Waals surface area contributed by atoms with Gasteiger partial charge in [0.1, 0.15) is 11.6 Å². The van der Waals surface area contributed by atoms with Crippen LogP contribution in [0.1, 0.15) is 20.8 Å². The molecule has 1 aromatic heterocycles. The van der Waals surface area contributed by atoms with E-state index in [2.05, 4.69) is 15.3 Å².